The molecule has 0 aromatic heterocycles. The van der Waals surface area contributed by atoms with Crippen molar-refractivity contribution in [2.75, 3.05) is 6.54 Å². The predicted octanol–water partition coefficient (Wildman–Crippen LogP) is 26.6. The van der Waals surface area contributed by atoms with E-state index in [9.17, 15) is 4.79 Å². The van der Waals surface area contributed by atoms with Gasteiger partial charge in [-0.2, -0.15) is 0 Å². The zero-order valence-corrected chi connectivity index (χ0v) is 65.2. The zero-order chi connectivity index (χ0) is 70.1. The first-order valence-electron chi connectivity index (χ1n) is 36.8. The van der Waals surface area contributed by atoms with Gasteiger partial charge in [0, 0.05) is 12.1 Å². The zero-order valence-electron chi connectivity index (χ0n) is 65.2. The average Bonchev–Trinajstić information content (AvgIpc) is 2.03. The molecule has 0 aliphatic carbocycles. The van der Waals surface area contributed by atoms with Crippen molar-refractivity contribution in [2.45, 2.75) is 327 Å². The van der Waals surface area contributed by atoms with E-state index in [2.05, 4.69) is 270 Å². The summed E-state index contributed by atoms with van der Waals surface area (Å²) in [4.78, 5) is 11.2. The molecule has 520 valence electrons. The van der Waals surface area contributed by atoms with E-state index in [0.717, 1.165) is 68.4 Å². The van der Waals surface area contributed by atoms with Crippen LogP contribution in [0.4, 0.5) is 0 Å². The van der Waals surface area contributed by atoms with E-state index < -0.39 is 0 Å². The van der Waals surface area contributed by atoms with E-state index in [1.807, 2.05) is 24.3 Å². The molecule has 4 N–H and O–H groups in total. The number of carbonyl (C=O) groups excluding carboxylic acids is 1. The SMILES string of the molecule is CC(=O)c1cccc(CC(C)(C)C)c1.CC(C)(C)Cc1ccccc1CN.CC(C)CCCCCN.CCCCCC(C)C.CCCCCCCC(C)C.CCc1ccc(CC(C)(C)C)cc1.CCc1cccc(C(C)C)c1.CCc1cccc(CC(C)(C)C)c1. The minimum atomic E-state index is 0.140. The van der Waals surface area contributed by atoms with Crippen molar-refractivity contribution in [3.63, 3.8) is 0 Å². The van der Waals surface area contributed by atoms with Crippen LogP contribution in [0.25, 0.3) is 0 Å². The molecule has 0 bridgehead atoms. The van der Waals surface area contributed by atoms with Crippen LogP contribution in [0.2, 0.25) is 0 Å². The topological polar surface area (TPSA) is 69.1 Å². The fourth-order valence-electron chi connectivity index (χ4n) is 10.1. The van der Waals surface area contributed by atoms with Crippen molar-refractivity contribution in [1.29, 1.82) is 0 Å². The Balaban J connectivity index is -0.000000979. The van der Waals surface area contributed by atoms with E-state index in [-0.39, 0.29) is 11.2 Å². The van der Waals surface area contributed by atoms with E-state index in [1.54, 1.807) is 6.92 Å². The van der Waals surface area contributed by atoms with Crippen LogP contribution in [0, 0.1) is 39.4 Å². The van der Waals surface area contributed by atoms with Gasteiger partial charge in [0.05, 0.1) is 0 Å². The highest BCUT2D eigenvalue weighted by atomic mass is 16.1. The summed E-state index contributed by atoms with van der Waals surface area (Å²) in [5, 5.41) is 0. The van der Waals surface area contributed by atoms with Crippen LogP contribution in [-0.2, 0) is 51.5 Å². The molecule has 0 unspecified atom stereocenters. The highest BCUT2D eigenvalue weighted by Gasteiger charge is 2.15. The molecule has 0 spiro atoms. The monoisotopic (exact) mass is 1250 g/mol. The number of aryl methyl sites for hydroxylation is 3. The van der Waals surface area contributed by atoms with Crippen molar-refractivity contribution in [1.82, 2.24) is 0 Å². The minimum absolute atomic E-state index is 0.140. The van der Waals surface area contributed by atoms with Gasteiger partial charge in [0.1, 0.15) is 0 Å². The molecule has 3 heteroatoms. The first-order valence-corrected chi connectivity index (χ1v) is 36.8. The third kappa shape index (κ3) is 59.2. The van der Waals surface area contributed by atoms with E-state index in [1.165, 1.54) is 146 Å². The number of hydrogen-bond acceptors (Lipinski definition) is 3. The third-order valence-electron chi connectivity index (χ3n) is 15.2. The van der Waals surface area contributed by atoms with Crippen LogP contribution in [0.1, 0.15) is 336 Å². The molecule has 0 amide bonds. The number of ketones is 1. The smallest absolute Gasteiger partial charge is 0.159 e. The van der Waals surface area contributed by atoms with Crippen molar-refractivity contribution >= 4 is 5.78 Å². The second kappa shape index (κ2) is 53.0. The Kier molecular flexibility index (Phi) is 52.9. The summed E-state index contributed by atoms with van der Waals surface area (Å²) in [5.41, 5.74) is 25.8. The maximum Gasteiger partial charge on any atom is 0.159 e. The van der Waals surface area contributed by atoms with Crippen LogP contribution < -0.4 is 11.5 Å². The van der Waals surface area contributed by atoms with Crippen LogP contribution in [0.15, 0.2) is 121 Å². The Bertz CT molecular complexity index is 2460. The van der Waals surface area contributed by atoms with Gasteiger partial charge in [0.25, 0.3) is 0 Å². The molecular weight excluding hydrogens is 1100 g/mol. The van der Waals surface area contributed by atoms with Crippen molar-refractivity contribution in [2.24, 2.45) is 50.9 Å². The lowest BCUT2D eigenvalue weighted by molar-refractivity contribution is 0.101. The summed E-state index contributed by atoms with van der Waals surface area (Å²) >= 11 is 0. The fourth-order valence-corrected chi connectivity index (χ4v) is 10.1. The Hall–Kier alpha value is -4.31. The lowest BCUT2D eigenvalue weighted by atomic mass is 9.86. The third-order valence-corrected chi connectivity index (χ3v) is 15.2. The van der Waals surface area contributed by atoms with Gasteiger partial charge in [-0.15, -0.1) is 0 Å². The molecule has 0 aliphatic rings. The maximum absolute atomic E-state index is 11.2. The van der Waals surface area contributed by atoms with Gasteiger partial charge in [-0.3, -0.25) is 4.79 Å². The number of benzene rings is 5. The molecule has 0 fully saturated rings. The number of hydrogen-bond donors (Lipinski definition) is 2. The Morgan fingerprint density at radius 2 is 0.725 bits per heavy atom. The summed E-state index contributed by atoms with van der Waals surface area (Å²) in [6, 6.07) is 43.0. The second-order valence-corrected chi connectivity index (χ2v) is 32.3. The van der Waals surface area contributed by atoms with Gasteiger partial charge in [0.2, 0.25) is 0 Å². The van der Waals surface area contributed by atoms with Crippen molar-refractivity contribution in [3.05, 3.63) is 177 Å². The molecule has 5 aromatic rings. The van der Waals surface area contributed by atoms with Crippen LogP contribution >= 0.6 is 0 Å². The lowest BCUT2D eigenvalue weighted by Crippen LogP contribution is -2.12. The lowest BCUT2D eigenvalue weighted by Gasteiger charge is -2.19. The van der Waals surface area contributed by atoms with Crippen LogP contribution in [0.3, 0.4) is 0 Å². The molecule has 5 rings (SSSR count). The second-order valence-electron chi connectivity index (χ2n) is 32.3. The first-order chi connectivity index (χ1) is 42.5. The standard InChI is InChI=1S/C13H18O.2C13H20.C12H19N.C11H16.C10H22.C8H19N.C8H18/c1-10(14)12-7-5-6-11(8-12)9-13(2,3)4;1-5-11-6-8-12(9-7-11)10-13(2,3)4;1-5-11-7-6-8-12(9-11)10-13(2,3)4;1-12(2,3)8-10-6-4-5-7-11(10)9-13;1-4-10-6-5-7-11(8-10)9(2)3;1-4-5-6-7-8-9-10(2)3;1-8(2)6-4-3-5-7-9;1-4-5-6-7-8(2)3/h5-8H,9H2,1-4H3;2*6-9H,5,10H2,1-4H3;4-7H,8-9,13H2,1-3H3;5-9H,4H2,1-3H3;10H,4-9H2,1-3H3;8H,3-7,9H2,1-2H3;8H,4-7H2,1-3H3. The molecule has 5 aromatic carbocycles. The van der Waals surface area contributed by atoms with Crippen molar-refractivity contribution < 1.29 is 4.79 Å². The summed E-state index contributed by atoms with van der Waals surface area (Å²) in [6.45, 7) is 59.4. The van der Waals surface area contributed by atoms with Gasteiger partial charge in [0.15, 0.2) is 5.78 Å². The number of carbonyl (C=O) groups is 1. The van der Waals surface area contributed by atoms with Gasteiger partial charge in [-0.05, 0) is 166 Å². The molecule has 3 nitrogen and oxygen atoms in total. The average molecular weight is 1250 g/mol. The number of rotatable bonds is 25. The van der Waals surface area contributed by atoms with Crippen LogP contribution in [0.5, 0.6) is 0 Å². The summed E-state index contributed by atoms with van der Waals surface area (Å²) < 4.78 is 0. The Morgan fingerprint density at radius 3 is 1.13 bits per heavy atom. The highest BCUT2D eigenvalue weighted by Crippen LogP contribution is 2.25. The van der Waals surface area contributed by atoms with E-state index in [0.29, 0.717) is 28.7 Å². The Labute approximate surface area is 569 Å². The first kappa shape index (κ1) is 90.9. The fraction of sp³-hybridized carbons (Fsp3) is 0.648. The summed E-state index contributed by atoms with van der Waals surface area (Å²) in [6.07, 6.45) is 27.2. The molecular formula is C88H152N2O. The molecule has 0 saturated carbocycles. The van der Waals surface area contributed by atoms with Gasteiger partial charge < -0.3 is 11.5 Å². The molecule has 0 radical (unpaired) electrons. The predicted molar refractivity (Wildman–Crippen MR) is 415 cm³/mol. The number of nitrogens with two attached hydrogens (primary N) is 2. The molecule has 91 heavy (non-hydrogen) atoms. The van der Waals surface area contributed by atoms with Gasteiger partial charge in [-0.1, -0.05) is 372 Å². The minimum Gasteiger partial charge on any atom is -0.330 e. The normalized spacial score (nSPS) is 11.2. The molecule has 0 atom stereocenters. The maximum atomic E-state index is 11.2. The van der Waals surface area contributed by atoms with Crippen molar-refractivity contribution in [3.8, 4) is 0 Å². The number of unbranched alkanes of at least 4 members (excludes halogenated alkanes) is 8. The molecule has 0 aliphatic heterocycles. The van der Waals surface area contributed by atoms with Crippen LogP contribution in [-0.4, -0.2) is 12.3 Å². The van der Waals surface area contributed by atoms with Gasteiger partial charge in [-0.25, -0.2) is 0 Å². The Morgan fingerprint density at radius 1 is 0.363 bits per heavy atom. The summed E-state index contributed by atoms with van der Waals surface area (Å²) in [5.74, 6) is 3.47. The summed E-state index contributed by atoms with van der Waals surface area (Å²) in [7, 11) is 0. The van der Waals surface area contributed by atoms with E-state index in [4.69, 9.17) is 11.5 Å². The number of Topliss-reactive ketones (excluding diaryl/α,β-unsaturated/α-hetero) is 1. The largest absolute Gasteiger partial charge is 0.330 e. The highest BCUT2D eigenvalue weighted by molar-refractivity contribution is 5.94. The van der Waals surface area contributed by atoms with Gasteiger partial charge >= 0.3 is 0 Å². The van der Waals surface area contributed by atoms with E-state index >= 15 is 0 Å². The quantitative estimate of drug-likeness (QED) is 0.0452. The molecule has 0 saturated heterocycles. The molecule has 0 heterocycles.